The van der Waals surface area contributed by atoms with Gasteiger partial charge in [-0.25, -0.2) is 0 Å². The van der Waals surface area contributed by atoms with Crippen LogP contribution in [0, 0.1) is 7.11 Å². The summed E-state index contributed by atoms with van der Waals surface area (Å²) in [4.78, 5) is 0. The van der Waals surface area contributed by atoms with Crippen LogP contribution < -0.4 is 0 Å². The standard InChI is InChI=1S/C20H41O/c1-3-4-5-6-7-8-9-10-11-12-13-14-15-16-17-18-19-20-21-2/h2-20H2,1H3. The summed E-state index contributed by atoms with van der Waals surface area (Å²) in [6, 6.07) is 0. The zero-order valence-corrected chi connectivity index (χ0v) is 14.8. The first-order chi connectivity index (χ1) is 10.4. The van der Waals surface area contributed by atoms with E-state index in [0.717, 1.165) is 6.61 Å². The Balaban J connectivity index is 2.90. The van der Waals surface area contributed by atoms with E-state index < -0.39 is 0 Å². The first-order valence-electron chi connectivity index (χ1n) is 9.78. The van der Waals surface area contributed by atoms with Crippen LogP contribution in [-0.2, 0) is 4.74 Å². The maximum atomic E-state index is 4.82. The van der Waals surface area contributed by atoms with E-state index in [4.69, 9.17) is 4.74 Å². The maximum Gasteiger partial charge on any atom is 0.0700 e. The molecule has 0 amide bonds. The van der Waals surface area contributed by atoms with Crippen molar-refractivity contribution >= 4 is 0 Å². The average molecular weight is 298 g/mol. The SMILES string of the molecule is [CH2]OCCCCCCCCCCCCCCCCCCC. The summed E-state index contributed by atoms with van der Waals surface area (Å²) in [5.74, 6) is 0. The molecule has 0 aromatic rings. The minimum atomic E-state index is 0.832. The zero-order valence-electron chi connectivity index (χ0n) is 14.8. The molecule has 0 saturated heterocycles. The van der Waals surface area contributed by atoms with E-state index in [1.54, 1.807) is 0 Å². The molecule has 0 aliphatic carbocycles. The van der Waals surface area contributed by atoms with Crippen molar-refractivity contribution in [1.29, 1.82) is 0 Å². The summed E-state index contributed by atoms with van der Waals surface area (Å²) in [5.41, 5.74) is 0. The van der Waals surface area contributed by atoms with E-state index in [0.29, 0.717) is 0 Å². The van der Waals surface area contributed by atoms with Crippen molar-refractivity contribution < 1.29 is 4.74 Å². The minimum Gasteiger partial charge on any atom is -0.379 e. The van der Waals surface area contributed by atoms with Gasteiger partial charge >= 0.3 is 0 Å². The van der Waals surface area contributed by atoms with Crippen LogP contribution in [0.5, 0.6) is 0 Å². The van der Waals surface area contributed by atoms with Crippen molar-refractivity contribution in [2.24, 2.45) is 0 Å². The highest BCUT2D eigenvalue weighted by Gasteiger charge is 1.94. The molecule has 127 valence electrons. The molecule has 0 aromatic carbocycles. The molecule has 0 aromatic heterocycles. The van der Waals surface area contributed by atoms with Crippen LogP contribution in [0.4, 0.5) is 0 Å². The Hall–Kier alpha value is -0.0400. The molecular formula is C20H41O. The molecule has 0 aliphatic rings. The Kier molecular flexibility index (Phi) is 19.9. The Labute approximate surface area is 135 Å². The maximum absolute atomic E-state index is 4.82. The van der Waals surface area contributed by atoms with Gasteiger partial charge in [-0.2, -0.15) is 0 Å². The first kappa shape index (κ1) is 21.0. The summed E-state index contributed by atoms with van der Waals surface area (Å²) in [5, 5.41) is 0. The molecule has 0 aliphatic heterocycles. The molecule has 0 bridgehead atoms. The van der Waals surface area contributed by atoms with E-state index in [1.807, 2.05) is 0 Å². The smallest absolute Gasteiger partial charge is 0.0700 e. The van der Waals surface area contributed by atoms with Gasteiger partial charge in [0.25, 0.3) is 0 Å². The summed E-state index contributed by atoms with van der Waals surface area (Å²) < 4.78 is 4.82. The van der Waals surface area contributed by atoms with E-state index in [2.05, 4.69) is 14.0 Å². The summed E-state index contributed by atoms with van der Waals surface area (Å²) in [6.45, 7) is 3.12. The molecule has 1 radical (unpaired) electrons. The van der Waals surface area contributed by atoms with Gasteiger partial charge < -0.3 is 4.74 Å². The number of hydrogen-bond acceptors (Lipinski definition) is 1. The summed E-state index contributed by atoms with van der Waals surface area (Å²) in [7, 11) is 3.40. The highest BCUT2D eigenvalue weighted by molar-refractivity contribution is 4.50. The van der Waals surface area contributed by atoms with Crippen molar-refractivity contribution in [3.05, 3.63) is 7.11 Å². The Morgan fingerprint density at radius 1 is 0.476 bits per heavy atom. The van der Waals surface area contributed by atoms with Crippen LogP contribution >= 0.6 is 0 Å². The molecule has 0 N–H and O–H groups in total. The zero-order chi connectivity index (χ0) is 15.4. The fourth-order valence-electron chi connectivity index (χ4n) is 2.93. The van der Waals surface area contributed by atoms with Crippen LogP contribution in [0.15, 0.2) is 0 Å². The van der Waals surface area contributed by atoms with E-state index in [-0.39, 0.29) is 0 Å². The monoisotopic (exact) mass is 297 g/mol. The van der Waals surface area contributed by atoms with Crippen LogP contribution in [0.1, 0.15) is 116 Å². The Morgan fingerprint density at radius 2 is 0.762 bits per heavy atom. The number of unbranched alkanes of at least 4 members (excludes halogenated alkanes) is 16. The lowest BCUT2D eigenvalue weighted by Crippen LogP contribution is -1.87. The average Bonchev–Trinajstić information content (AvgIpc) is 2.50. The molecular weight excluding hydrogens is 256 g/mol. The van der Waals surface area contributed by atoms with Gasteiger partial charge in [-0.3, -0.25) is 0 Å². The number of rotatable bonds is 18. The largest absolute Gasteiger partial charge is 0.379 e. The first-order valence-corrected chi connectivity index (χ1v) is 9.78. The van der Waals surface area contributed by atoms with Crippen molar-refractivity contribution in [3.8, 4) is 0 Å². The topological polar surface area (TPSA) is 9.23 Å². The number of ether oxygens (including phenoxy) is 1. The van der Waals surface area contributed by atoms with Gasteiger partial charge in [0.05, 0.1) is 7.11 Å². The van der Waals surface area contributed by atoms with Crippen LogP contribution in [-0.4, -0.2) is 6.61 Å². The summed E-state index contributed by atoms with van der Waals surface area (Å²) in [6.07, 6.45) is 24.2. The molecule has 0 atom stereocenters. The van der Waals surface area contributed by atoms with Crippen LogP contribution in [0.25, 0.3) is 0 Å². The molecule has 0 saturated carbocycles. The molecule has 0 spiro atoms. The van der Waals surface area contributed by atoms with Gasteiger partial charge in [0, 0.05) is 6.61 Å². The molecule has 0 heterocycles. The fraction of sp³-hybridized carbons (Fsp3) is 0.950. The highest BCUT2D eigenvalue weighted by Crippen LogP contribution is 2.13. The lowest BCUT2D eigenvalue weighted by molar-refractivity contribution is 0.233. The second-order valence-electron chi connectivity index (χ2n) is 6.57. The second kappa shape index (κ2) is 20.0. The van der Waals surface area contributed by atoms with E-state index >= 15 is 0 Å². The van der Waals surface area contributed by atoms with E-state index in [1.165, 1.54) is 109 Å². The third-order valence-electron chi connectivity index (χ3n) is 4.39. The van der Waals surface area contributed by atoms with Crippen molar-refractivity contribution in [3.63, 3.8) is 0 Å². The second-order valence-corrected chi connectivity index (χ2v) is 6.57. The molecule has 0 unspecified atom stereocenters. The van der Waals surface area contributed by atoms with Crippen LogP contribution in [0.2, 0.25) is 0 Å². The molecule has 1 heteroatoms. The lowest BCUT2D eigenvalue weighted by Gasteiger charge is -2.03. The van der Waals surface area contributed by atoms with Crippen molar-refractivity contribution in [1.82, 2.24) is 0 Å². The summed E-state index contributed by atoms with van der Waals surface area (Å²) >= 11 is 0. The molecule has 21 heavy (non-hydrogen) atoms. The predicted molar refractivity (Wildman–Crippen MR) is 95.5 cm³/mol. The lowest BCUT2D eigenvalue weighted by atomic mass is 10.0. The number of hydrogen-bond donors (Lipinski definition) is 0. The predicted octanol–water partition coefficient (Wildman–Crippen LogP) is 7.45. The van der Waals surface area contributed by atoms with Crippen molar-refractivity contribution in [2.45, 2.75) is 116 Å². The third kappa shape index (κ3) is 20.0. The van der Waals surface area contributed by atoms with Gasteiger partial charge in [0.2, 0.25) is 0 Å². The third-order valence-corrected chi connectivity index (χ3v) is 4.39. The van der Waals surface area contributed by atoms with Gasteiger partial charge in [0.15, 0.2) is 0 Å². The van der Waals surface area contributed by atoms with Gasteiger partial charge in [0.1, 0.15) is 0 Å². The minimum absolute atomic E-state index is 0.832. The highest BCUT2D eigenvalue weighted by atomic mass is 16.5. The Morgan fingerprint density at radius 3 is 1.05 bits per heavy atom. The van der Waals surface area contributed by atoms with Crippen LogP contribution in [0.3, 0.4) is 0 Å². The van der Waals surface area contributed by atoms with Gasteiger partial charge in [-0.05, 0) is 6.42 Å². The van der Waals surface area contributed by atoms with Crippen molar-refractivity contribution in [2.75, 3.05) is 6.61 Å². The molecule has 1 nitrogen and oxygen atoms in total. The quantitative estimate of drug-likeness (QED) is 0.239. The van der Waals surface area contributed by atoms with E-state index in [9.17, 15) is 0 Å². The Bertz CT molecular complexity index is 149. The van der Waals surface area contributed by atoms with Gasteiger partial charge in [-0.15, -0.1) is 0 Å². The van der Waals surface area contributed by atoms with Gasteiger partial charge in [-0.1, -0.05) is 110 Å². The fourth-order valence-corrected chi connectivity index (χ4v) is 2.93. The molecule has 0 rings (SSSR count). The molecule has 0 fully saturated rings. The normalized spacial score (nSPS) is 11.1.